The molecule has 2 amide bonds. The van der Waals surface area contributed by atoms with E-state index in [4.69, 9.17) is 11.6 Å². The SMILES string of the molecule is CC(C)[C@](C)(C#N)N=CC1C(=O)N(c2cccc(Cl)c2)C(=O)c2ccccc21. The maximum absolute atomic E-state index is 13.3. The highest BCUT2D eigenvalue weighted by Gasteiger charge is 2.39. The number of carbonyl (C=O) groups is 2. The lowest BCUT2D eigenvalue weighted by atomic mass is 9.87. The first kappa shape index (κ1) is 19.8. The van der Waals surface area contributed by atoms with Gasteiger partial charge in [-0.1, -0.05) is 49.7 Å². The van der Waals surface area contributed by atoms with Gasteiger partial charge in [0.25, 0.3) is 5.91 Å². The standard InChI is InChI=1S/C22H20ClN3O2/c1-14(2)22(3,13-24)25-12-19-17-9-4-5-10-18(17)20(27)26(21(19)28)16-8-6-7-15(23)11-16/h4-12,14,19H,1-3H3/t19?,22-/m0/s1. The van der Waals surface area contributed by atoms with Crippen LogP contribution in [0.4, 0.5) is 5.69 Å². The van der Waals surface area contributed by atoms with Crippen molar-refractivity contribution in [3.63, 3.8) is 0 Å². The summed E-state index contributed by atoms with van der Waals surface area (Å²) in [6, 6.07) is 15.8. The van der Waals surface area contributed by atoms with E-state index in [0.29, 0.717) is 21.8 Å². The van der Waals surface area contributed by atoms with Gasteiger partial charge in [-0.3, -0.25) is 14.6 Å². The number of halogens is 1. The third kappa shape index (κ3) is 3.44. The summed E-state index contributed by atoms with van der Waals surface area (Å²) in [7, 11) is 0. The highest BCUT2D eigenvalue weighted by Crippen LogP contribution is 2.33. The molecule has 0 aliphatic carbocycles. The molecule has 0 bridgehead atoms. The lowest BCUT2D eigenvalue weighted by molar-refractivity contribution is -0.118. The lowest BCUT2D eigenvalue weighted by Crippen LogP contribution is -2.45. The van der Waals surface area contributed by atoms with E-state index in [2.05, 4.69) is 11.1 Å². The first-order valence-corrected chi connectivity index (χ1v) is 9.35. The smallest absolute Gasteiger partial charge is 0.265 e. The van der Waals surface area contributed by atoms with Crippen molar-refractivity contribution < 1.29 is 9.59 Å². The number of hydrogen-bond donors (Lipinski definition) is 0. The van der Waals surface area contributed by atoms with Gasteiger partial charge in [0, 0.05) is 16.8 Å². The van der Waals surface area contributed by atoms with Crippen molar-refractivity contribution in [2.45, 2.75) is 32.2 Å². The van der Waals surface area contributed by atoms with E-state index >= 15 is 0 Å². The fraction of sp³-hybridized carbons (Fsp3) is 0.273. The lowest BCUT2D eigenvalue weighted by Gasteiger charge is -2.31. The van der Waals surface area contributed by atoms with Gasteiger partial charge in [-0.15, -0.1) is 0 Å². The van der Waals surface area contributed by atoms with Crippen LogP contribution in [0, 0.1) is 17.2 Å². The van der Waals surface area contributed by atoms with E-state index in [1.54, 1.807) is 55.5 Å². The minimum atomic E-state index is -0.961. The molecule has 1 aliphatic heterocycles. The second-order valence-electron chi connectivity index (χ2n) is 7.22. The Balaban J connectivity index is 2.12. The van der Waals surface area contributed by atoms with Crippen LogP contribution in [0.2, 0.25) is 5.02 Å². The van der Waals surface area contributed by atoms with Crippen molar-refractivity contribution in [1.29, 1.82) is 5.26 Å². The highest BCUT2D eigenvalue weighted by molar-refractivity contribution is 6.32. The van der Waals surface area contributed by atoms with E-state index in [9.17, 15) is 14.9 Å². The Hall–Kier alpha value is -2.97. The zero-order valence-corrected chi connectivity index (χ0v) is 16.6. The molecule has 0 radical (unpaired) electrons. The summed E-state index contributed by atoms with van der Waals surface area (Å²) >= 11 is 6.06. The second-order valence-corrected chi connectivity index (χ2v) is 7.65. The van der Waals surface area contributed by atoms with Gasteiger partial charge in [-0.2, -0.15) is 5.26 Å². The molecule has 0 saturated heterocycles. The molecule has 28 heavy (non-hydrogen) atoms. The number of rotatable bonds is 4. The van der Waals surface area contributed by atoms with Gasteiger partial charge in [0.1, 0.15) is 5.54 Å². The quantitative estimate of drug-likeness (QED) is 0.562. The van der Waals surface area contributed by atoms with Crippen LogP contribution in [-0.2, 0) is 4.79 Å². The number of anilines is 1. The normalized spacial score (nSPS) is 18.9. The molecular formula is C22H20ClN3O2. The number of benzene rings is 2. The summed E-state index contributed by atoms with van der Waals surface area (Å²) in [5, 5.41) is 9.95. The number of fused-ring (bicyclic) bond motifs is 1. The highest BCUT2D eigenvalue weighted by atomic mass is 35.5. The minimum absolute atomic E-state index is 0.0339. The number of nitrogens with zero attached hydrogens (tertiary/aromatic N) is 3. The first-order valence-electron chi connectivity index (χ1n) is 8.98. The third-order valence-electron chi connectivity index (χ3n) is 5.12. The molecule has 0 saturated carbocycles. The number of amides is 2. The molecule has 2 aromatic carbocycles. The number of nitriles is 1. The molecule has 1 heterocycles. The number of hydrogen-bond acceptors (Lipinski definition) is 4. The number of aliphatic imine (C=N–C) groups is 1. The van der Waals surface area contributed by atoms with E-state index in [1.165, 1.54) is 6.21 Å². The number of imide groups is 1. The zero-order valence-electron chi connectivity index (χ0n) is 15.9. The summed E-state index contributed by atoms with van der Waals surface area (Å²) in [4.78, 5) is 31.9. The summed E-state index contributed by atoms with van der Waals surface area (Å²) in [6.07, 6.45) is 1.49. The molecule has 0 fully saturated rings. The van der Waals surface area contributed by atoms with Gasteiger partial charge in [0.05, 0.1) is 17.7 Å². The van der Waals surface area contributed by atoms with Crippen molar-refractivity contribution in [2.75, 3.05) is 4.90 Å². The molecular weight excluding hydrogens is 374 g/mol. The molecule has 1 aliphatic rings. The maximum Gasteiger partial charge on any atom is 0.265 e. The largest absolute Gasteiger partial charge is 0.275 e. The molecule has 1 unspecified atom stereocenters. The van der Waals surface area contributed by atoms with Crippen molar-refractivity contribution >= 4 is 35.3 Å². The van der Waals surface area contributed by atoms with Gasteiger partial charge in [0.2, 0.25) is 5.91 Å². The van der Waals surface area contributed by atoms with Crippen molar-refractivity contribution in [3.8, 4) is 6.07 Å². The average molecular weight is 394 g/mol. The summed E-state index contributed by atoms with van der Waals surface area (Å²) < 4.78 is 0. The van der Waals surface area contributed by atoms with E-state index in [0.717, 1.165) is 4.90 Å². The van der Waals surface area contributed by atoms with Crippen LogP contribution in [0.1, 0.15) is 42.6 Å². The molecule has 0 N–H and O–H groups in total. The van der Waals surface area contributed by atoms with Gasteiger partial charge in [0.15, 0.2) is 0 Å². The van der Waals surface area contributed by atoms with Crippen LogP contribution in [0.25, 0.3) is 0 Å². The predicted octanol–water partition coefficient (Wildman–Crippen LogP) is 4.62. The fourth-order valence-corrected chi connectivity index (χ4v) is 3.18. The van der Waals surface area contributed by atoms with Gasteiger partial charge >= 0.3 is 0 Å². The fourth-order valence-electron chi connectivity index (χ4n) is 3.00. The predicted molar refractivity (Wildman–Crippen MR) is 110 cm³/mol. The van der Waals surface area contributed by atoms with Crippen LogP contribution in [0.15, 0.2) is 53.5 Å². The molecule has 0 aromatic heterocycles. The molecule has 5 nitrogen and oxygen atoms in total. The van der Waals surface area contributed by atoms with E-state index in [-0.39, 0.29) is 5.92 Å². The topological polar surface area (TPSA) is 73.5 Å². The Morgan fingerprint density at radius 3 is 2.57 bits per heavy atom. The Bertz CT molecular complexity index is 1010. The Labute approximate surface area is 169 Å². The molecule has 0 spiro atoms. The van der Waals surface area contributed by atoms with Gasteiger partial charge in [-0.25, -0.2) is 4.90 Å². The van der Waals surface area contributed by atoms with Crippen LogP contribution in [0.5, 0.6) is 0 Å². The molecule has 2 atom stereocenters. The van der Waals surface area contributed by atoms with Crippen LogP contribution in [0.3, 0.4) is 0 Å². The summed E-state index contributed by atoms with van der Waals surface area (Å²) in [5.74, 6) is -1.62. The Morgan fingerprint density at radius 2 is 1.93 bits per heavy atom. The first-order chi connectivity index (χ1) is 13.3. The molecule has 2 aromatic rings. The zero-order chi connectivity index (χ0) is 20.5. The van der Waals surface area contributed by atoms with E-state index < -0.39 is 23.3 Å². The van der Waals surface area contributed by atoms with Crippen molar-refractivity contribution in [2.24, 2.45) is 10.9 Å². The van der Waals surface area contributed by atoms with Crippen molar-refractivity contribution in [3.05, 3.63) is 64.7 Å². The Morgan fingerprint density at radius 1 is 1.21 bits per heavy atom. The molecule has 6 heteroatoms. The van der Waals surface area contributed by atoms with Gasteiger partial charge < -0.3 is 0 Å². The summed E-state index contributed by atoms with van der Waals surface area (Å²) in [6.45, 7) is 5.53. The molecule has 3 rings (SSSR count). The van der Waals surface area contributed by atoms with Crippen molar-refractivity contribution in [1.82, 2.24) is 0 Å². The minimum Gasteiger partial charge on any atom is -0.275 e. The van der Waals surface area contributed by atoms with Gasteiger partial charge in [-0.05, 0) is 42.7 Å². The van der Waals surface area contributed by atoms with Crippen LogP contribution < -0.4 is 4.90 Å². The second kappa shape index (κ2) is 7.57. The van der Waals surface area contributed by atoms with Crippen LogP contribution in [-0.4, -0.2) is 23.6 Å². The molecule has 142 valence electrons. The summed E-state index contributed by atoms with van der Waals surface area (Å²) in [5.41, 5.74) is 0.463. The third-order valence-corrected chi connectivity index (χ3v) is 5.36. The maximum atomic E-state index is 13.3. The number of carbonyl (C=O) groups excluding carboxylic acids is 2. The van der Waals surface area contributed by atoms with Crippen LogP contribution >= 0.6 is 11.6 Å². The monoisotopic (exact) mass is 393 g/mol. The Kier molecular flexibility index (Phi) is 5.35. The average Bonchev–Trinajstić information content (AvgIpc) is 2.67. The van der Waals surface area contributed by atoms with E-state index in [1.807, 2.05) is 13.8 Å².